The van der Waals surface area contributed by atoms with E-state index < -0.39 is 5.60 Å². The Hall–Kier alpha value is -1.39. The van der Waals surface area contributed by atoms with Crippen molar-refractivity contribution in [3.05, 3.63) is 29.8 Å². The molecule has 0 atom stereocenters. The molecule has 0 heterocycles. The van der Waals surface area contributed by atoms with Crippen LogP contribution >= 0.6 is 0 Å². The minimum absolute atomic E-state index is 0.167. The number of amides is 1. The van der Waals surface area contributed by atoms with Crippen LogP contribution in [0.4, 0.5) is 5.69 Å². The zero-order chi connectivity index (χ0) is 12.9. The lowest BCUT2D eigenvalue weighted by Gasteiger charge is -2.21. The van der Waals surface area contributed by atoms with Crippen molar-refractivity contribution in [3.8, 4) is 0 Å². The van der Waals surface area contributed by atoms with Gasteiger partial charge in [-0.15, -0.1) is 0 Å². The van der Waals surface area contributed by atoms with E-state index in [1.807, 2.05) is 24.3 Å². The fourth-order valence-electron chi connectivity index (χ4n) is 1.23. The van der Waals surface area contributed by atoms with E-state index in [0.29, 0.717) is 6.61 Å². The number of methoxy groups -OCH3 is 2. The van der Waals surface area contributed by atoms with E-state index in [4.69, 9.17) is 9.47 Å². The Morgan fingerprint density at radius 1 is 1.24 bits per heavy atom. The summed E-state index contributed by atoms with van der Waals surface area (Å²) in [7, 11) is 3.16. The van der Waals surface area contributed by atoms with E-state index in [0.717, 1.165) is 11.3 Å². The van der Waals surface area contributed by atoms with Crippen molar-refractivity contribution >= 4 is 11.6 Å². The van der Waals surface area contributed by atoms with Crippen molar-refractivity contribution in [1.82, 2.24) is 0 Å². The molecule has 0 saturated carbocycles. The second-order valence-electron chi connectivity index (χ2n) is 4.30. The normalized spacial score (nSPS) is 11.3. The molecular formula is C13H19NO3. The third kappa shape index (κ3) is 3.84. The van der Waals surface area contributed by atoms with Gasteiger partial charge in [0.05, 0.1) is 6.61 Å². The molecule has 4 heteroatoms. The maximum Gasteiger partial charge on any atom is 0.256 e. The predicted octanol–water partition coefficient (Wildman–Crippen LogP) is 2.20. The van der Waals surface area contributed by atoms with Crippen LogP contribution in [0.5, 0.6) is 0 Å². The topological polar surface area (TPSA) is 47.6 Å². The van der Waals surface area contributed by atoms with Gasteiger partial charge in [0.25, 0.3) is 5.91 Å². The highest BCUT2D eigenvalue weighted by Crippen LogP contribution is 2.14. The standard InChI is InChI=1S/C13H19NO3/c1-13(2,17-4)12(15)14-11-7-5-10(6-8-11)9-16-3/h5-8H,9H2,1-4H3,(H,14,15). The van der Waals surface area contributed by atoms with Gasteiger partial charge in [-0.25, -0.2) is 0 Å². The molecule has 1 aromatic carbocycles. The highest BCUT2D eigenvalue weighted by molar-refractivity contribution is 5.96. The number of nitrogens with one attached hydrogen (secondary N) is 1. The van der Waals surface area contributed by atoms with Crippen molar-refractivity contribution < 1.29 is 14.3 Å². The summed E-state index contributed by atoms with van der Waals surface area (Å²) in [5.41, 5.74) is 0.988. The Labute approximate surface area is 102 Å². The van der Waals surface area contributed by atoms with Gasteiger partial charge < -0.3 is 14.8 Å². The summed E-state index contributed by atoms with van der Waals surface area (Å²) in [4.78, 5) is 11.8. The first kappa shape index (κ1) is 13.7. The molecule has 1 amide bonds. The largest absolute Gasteiger partial charge is 0.380 e. The molecule has 0 spiro atoms. The summed E-state index contributed by atoms with van der Waals surface area (Å²) in [5.74, 6) is -0.167. The van der Waals surface area contributed by atoms with Crippen LogP contribution in [-0.4, -0.2) is 25.7 Å². The Morgan fingerprint density at radius 2 is 1.82 bits per heavy atom. The quantitative estimate of drug-likeness (QED) is 0.854. The first-order valence-electron chi connectivity index (χ1n) is 5.44. The van der Waals surface area contributed by atoms with Crippen molar-refractivity contribution in [3.63, 3.8) is 0 Å². The van der Waals surface area contributed by atoms with Crippen molar-refractivity contribution in [1.29, 1.82) is 0 Å². The number of rotatable bonds is 5. The lowest BCUT2D eigenvalue weighted by atomic mass is 10.1. The van der Waals surface area contributed by atoms with E-state index in [1.165, 1.54) is 7.11 Å². The molecule has 0 aromatic heterocycles. The third-order valence-electron chi connectivity index (χ3n) is 2.58. The number of ether oxygens (including phenoxy) is 2. The Bertz CT molecular complexity index is 371. The predicted molar refractivity (Wildman–Crippen MR) is 66.9 cm³/mol. The number of hydrogen-bond acceptors (Lipinski definition) is 3. The van der Waals surface area contributed by atoms with Crippen LogP contribution in [0.2, 0.25) is 0 Å². The molecule has 1 rings (SSSR count). The second-order valence-corrected chi connectivity index (χ2v) is 4.30. The summed E-state index contributed by atoms with van der Waals surface area (Å²) in [5, 5.41) is 2.80. The summed E-state index contributed by atoms with van der Waals surface area (Å²) in [6, 6.07) is 7.52. The molecule has 4 nitrogen and oxygen atoms in total. The number of carbonyl (C=O) groups excluding carboxylic acids is 1. The van der Waals surface area contributed by atoms with Crippen molar-refractivity contribution in [2.75, 3.05) is 19.5 Å². The Kier molecular flexibility index (Phi) is 4.66. The van der Waals surface area contributed by atoms with Gasteiger partial charge in [0.15, 0.2) is 0 Å². The molecule has 1 N–H and O–H groups in total. The molecule has 1 aromatic rings. The van der Waals surface area contributed by atoms with Gasteiger partial charge >= 0.3 is 0 Å². The third-order valence-corrected chi connectivity index (χ3v) is 2.58. The van der Waals surface area contributed by atoms with Gasteiger partial charge in [0.1, 0.15) is 5.60 Å². The molecular weight excluding hydrogens is 218 g/mol. The number of carbonyl (C=O) groups is 1. The van der Waals surface area contributed by atoms with E-state index >= 15 is 0 Å². The summed E-state index contributed by atoms with van der Waals surface area (Å²) in [6.45, 7) is 4.01. The van der Waals surface area contributed by atoms with Crippen LogP contribution < -0.4 is 5.32 Å². The molecule has 17 heavy (non-hydrogen) atoms. The summed E-state index contributed by atoms with van der Waals surface area (Å²) in [6.07, 6.45) is 0. The van der Waals surface area contributed by atoms with Gasteiger partial charge in [-0.2, -0.15) is 0 Å². The van der Waals surface area contributed by atoms with E-state index in [9.17, 15) is 4.79 Å². The van der Waals surface area contributed by atoms with Crippen molar-refractivity contribution in [2.45, 2.75) is 26.1 Å². The van der Waals surface area contributed by atoms with Crippen LogP contribution in [0, 0.1) is 0 Å². The maximum atomic E-state index is 11.8. The average molecular weight is 237 g/mol. The maximum absolute atomic E-state index is 11.8. The average Bonchev–Trinajstić information content (AvgIpc) is 2.32. The smallest absolute Gasteiger partial charge is 0.256 e. The van der Waals surface area contributed by atoms with E-state index in [2.05, 4.69) is 5.32 Å². The SMILES string of the molecule is COCc1ccc(NC(=O)C(C)(C)OC)cc1. The molecule has 0 radical (unpaired) electrons. The first-order valence-corrected chi connectivity index (χ1v) is 5.44. The van der Waals surface area contributed by atoms with Gasteiger partial charge in [-0.1, -0.05) is 12.1 Å². The van der Waals surface area contributed by atoms with Gasteiger partial charge in [0.2, 0.25) is 0 Å². The molecule has 0 aliphatic carbocycles. The molecule has 0 aliphatic heterocycles. The fourth-order valence-corrected chi connectivity index (χ4v) is 1.23. The monoisotopic (exact) mass is 237 g/mol. The Morgan fingerprint density at radius 3 is 2.29 bits per heavy atom. The Balaban J connectivity index is 2.66. The number of hydrogen-bond donors (Lipinski definition) is 1. The molecule has 0 aliphatic rings. The number of anilines is 1. The van der Waals surface area contributed by atoms with Gasteiger partial charge in [-0.3, -0.25) is 4.79 Å². The molecule has 0 bridgehead atoms. The van der Waals surface area contributed by atoms with Crippen molar-refractivity contribution in [2.24, 2.45) is 0 Å². The highest BCUT2D eigenvalue weighted by Gasteiger charge is 2.26. The first-order chi connectivity index (χ1) is 7.99. The number of benzene rings is 1. The van der Waals surface area contributed by atoms with Crippen LogP contribution in [0.15, 0.2) is 24.3 Å². The molecule has 0 unspecified atom stereocenters. The molecule has 94 valence electrons. The van der Waals surface area contributed by atoms with Gasteiger partial charge in [-0.05, 0) is 31.5 Å². The lowest BCUT2D eigenvalue weighted by Crippen LogP contribution is -2.38. The zero-order valence-electron chi connectivity index (χ0n) is 10.7. The second kappa shape index (κ2) is 5.80. The summed E-state index contributed by atoms with van der Waals surface area (Å²) < 4.78 is 10.1. The lowest BCUT2D eigenvalue weighted by molar-refractivity contribution is -0.133. The van der Waals surface area contributed by atoms with E-state index in [1.54, 1.807) is 21.0 Å². The van der Waals surface area contributed by atoms with Crippen LogP contribution in [-0.2, 0) is 20.9 Å². The van der Waals surface area contributed by atoms with Crippen LogP contribution in [0.1, 0.15) is 19.4 Å². The van der Waals surface area contributed by atoms with Crippen LogP contribution in [0.3, 0.4) is 0 Å². The molecule has 0 fully saturated rings. The fraction of sp³-hybridized carbons (Fsp3) is 0.462. The minimum Gasteiger partial charge on any atom is -0.380 e. The summed E-state index contributed by atoms with van der Waals surface area (Å²) >= 11 is 0. The minimum atomic E-state index is -0.828. The highest BCUT2D eigenvalue weighted by atomic mass is 16.5. The van der Waals surface area contributed by atoms with E-state index in [-0.39, 0.29) is 5.91 Å². The zero-order valence-corrected chi connectivity index (χ0v) is 10.7. The molecule has 0 saturated heterocycles. The van der Waals surface area contributed by atoms with Gasteiger partial charge in [0, 0.05) is 19.9 Å². The van der Waals surface area contributed by atoms with Crippen LogP contribution in [0.25, 0.3) is 0 Å².